The topological polar surface area (TPSA) is 114 Å². The number of allylic oxidation sites excluding steroid dienone is 3. The average Bonchev–Trinajstić information content (AvgIpc) is 3.10. The Kier molecular flexibility index (Phi) is 4.57. The molecule has 1 aliphatic carbocycles. The maximum Gasteiger partial charge on any atom is 0.212 e. The molecule has 8 heteroatoms. The van der Waals surface area contributed by atoms with Gasteiger partial charge in [-0.25, -0.2) is 23.1 Å². The van der Waals surface area contributed by atoms with E-state index in [-0.39, 0.29) is 11.2 Å². The maximum atomic E-state index is 11.5. The zero-order chi connectivity index (χ0) is 20.6. The Balaban J connectivity index is 1.74. The highest BCUT2D eigenvalue weighted by Crippen LogP contribution is 2.37. The van der Waals surface area contributed by atoms with Gasteiger partial charge in [0, 0.05) is 17.2 Å². The number of primary sulfonamides is 1. The van der Waals surface area contributed by atoms with E-state index in [1.165, 1.54) is 6.20 Å². The third kappa shape index (κ3) is 3.70. The Morgan fingerprint density at radius 1 is 1.34 bits per heavy atom. The van der Waals surface area contributed by atoms with Crippen molar-refractivity contribution < 1.29 is 8.42 Å². The monoisotopic (exact) mass is 405 g/mol. The van der Waals surface area contributed by atoms with Crippen LogP contribution in [0.5, 0.6) is 0 Å². The lowest BCUT2D eigenvalue weighted by Crippen LogP contribution is -2.26. The fourth-order valence-corrected chi connectivity index (χ4v) is 4.48. The number of nitriles is 1. The van der Waals surface area contributed by atoms with E-state index in [2.05, 4.69) is 35.2 Å². The van der Waals surface area contributed by atoms with Crippen molar-refractivity contribution in [2.45, 2.75) is 18.8 Å². The molecule has 29 heavy (non-hydrogen) atoms. The van der Waals surface area contributed by atoms with Crippen LogP contribution in [0.25, 0.3) is 16.9 Å². The molecule has 0 saturated heterocycles. The van der Waals surface area contributed by atoms with E-state index in [1.54, 1.807) is 10.7 Å². The largest absolute Gasteiger partial charge is 0.236 e. The summed E-state index contributed by atoms with van der Waals surface area (Å²) in [6.07, 6.45) is 9.50. The lowest BCUT2D eigenvalue weighted by Gasteiger charge is -2.30. The fraction of sp³-hybridized carbons (Fsp3) is 0.190. The molecular weight excluding hydrogens is 386 g/mol. The summed E-state index contributed by atoms with van der Waals surface area (Å²) in [5, 5.41) is 18.8. The SMILES string of the molecule is CC1(c2cccc(-c3ccnc4c(C#N)cnn34)c2)C=CC=C(CS(N)(=O)=O)C1. The third-order valence-corrected chi connectivity index (χ3v) is 5.89. The van der Waals surface area contributed by atoms with Gasteiger partial charge in [-0.3, -0.25) is 0 Å². The van der Waals surface area contributed by atoms with Gasteiger partial charge in [0.2, 0.25) is 10.0 Å². The number of hydrogen-bond donors (Lipinski definition) is 1. The number of benzene rings is 1. The lowest BCUT2D eigenvalue weighted by atomic mass is 9.74. The van der Waals surface area contributed by atoms with Gasteiger partial charge in [0.15, 0.2) is 5.65 Å². The predicted molar refractivity (Wildman–Crippen MR) is 110 cm³/mol. The first-order valence-corrected chi connectivity index (χ1v) is 10.7. The van der Waals surface area contributed by atoms with Crippen molar-refractivity contribution >= 4 is 15.7 Å². The number of fused-ring (bicyclic) bond motifs is 1. The van der Waals surface area contributed by atoms with Crippen LogP contribution in [0.1, 0.15) is 24.5 Å². The number of aromatic nitrogens is 3. The van der Waals surface area contributed by atoms with Crippen LogP contribution in [0.4, 0.5) is 0 Å². The molecule has 146 valence electrons. The summed E-state index contributed by atoms with van der Waals surface area (Å²) in [5.41, 5.74) is 4.14. The van der Waals surface area contributed by atoms with E-state index in [4.69, 9.17) is 5.14 Å². The zero-order valence-electron chi connectivity index (χ0n) is 15.8. The minimum atomic E-state index is -3.58. The molecule has 1 aromatic carbocycles. The van der Waals surface area contributed by atoms with Gasteiger partial charge in [-0.15, -0.1) is 0 Å². The molecule has 0 spiro atoms. The third-order valence-electron chi connectivity index (χ3n) is 5.12. The fourth-order valence-electron chi connectivity index (χ4n) is 3.76. The molecule has 0 bridgehead atoms. The van der Waals surface area contributed by atoms with Gasteiger partial charge in [-0.05, 0) is 24.1 Å². The number of sulfonamides is 1. The van der Waals surface area contributed by atoms with Gasteiger partial charge in [-0.1, -0.05) is 48.9 Å². The first-order chi connectivity index (χ1) is 13.8. The van der Waals surface area contributed by atoms with E-state index in [0.717, 1.165) is 22.4 Å². The minimum absolute atomic E-state index is 0.151. The van der Waals surface area contributed by atoms with Crippen molar-refractivity contribution in [3.8, 4) is 17.3 Å². The number of nitrogens with two attached hydrogens (primary N) is 1. The quantitative estimate of drug-likeness (QED) is 0.717. The van der Waals surface area contributed by atoms with Crippen LogP contribution in [0.3, 0.4) is 0 Å². The summed E-state index contributed by atoms with van der Waals surface area (Å²) in [6.45, 7) is 2.07. The Bertz CT molecular complexity index is 1310. The van der Waals surface area contributed by atoms with Gasteiger partial charge in [0.1, 0.15) is 11.6 Å². The van der Waals surface area contributed by atoms with Crippen molar-refractivity contribution in [3.05, 3.63) is 77.7 Å². The zero-order valence-corrected chi connectivity index (χ0v) is 16.6. The lowest BCUT2D eigenvalue weighted by molar-refractivity contribution is 0.573. The molecule has 4 rings (SSSR count). The molecule has 2 aromatic heterocycles. The summed E-state index contributed by atoms with van der Waals surface area (Å²) >= 11 is 0. The van der Waals surface area contributed by atoms with Crippen LogP contribution in [-0.4, -0.2) is 28.8 Å². The molecule has 0 saturated carbocycles. The molecule has 1 unspecified atom stereocenters. The number of hydrogen-bond acceptors (Lipinski definition) is 5. The molecule has 7 nitrogen and oxygen atoms in total. The summed E-state index contributed by atoms with van der Waals surface area (Å²) in [6, 6.07) is 12.0. The van der Waals surface area contributed by atoms with Crippen molar-refractivity contribution in [2.24, 2.45) is 5.14 Å². The first-order valence-electron chi connectivity index (χ1n) is 9.01. The van der Waals surface area contributed by atoms with Crippen LogP contribution < -0.4 is 5.14 Å². The second kappa shape index (κ2) is 6.95. The van der Waals surface area contributed by atoms with E-state index in [9.17, 15) is 13.7 Å². The molecule has 0 amide bonds. The molecule has 0 fully saturated rings. The minimum Gasteiger partial charge on any atom is -0.236 e. The van der Waals surface area contributed by atoms with Crippen molar-refractivity contribution in [1.29, 1.82) is 5.26 Å². The summed E-state index contributed by atoms with van der Waals surface area (Å²) in [5.74, 6) is -0.151. The summed E-state index contributed by atoms with van der Waals surface area (Å²) in [4.78, 5) is 4.26. The van der Waals surface area contributed by atoms with Crippen LogP contribution in [0.2, 0.25) is 0 Å². The van der Waals surface area contributed by atoms with Crippen molar-refractivity contribution in [3.63, 3.8) is 0 Å². The standard InChI is InChI=1S/C21H19N5O2S/c1-21(8-3-4-15(11-21)14-29(23,27)28)18-6-2-5-16(10-18)19-7-9-24-20-17(12-22)13-25-26(19)20/h2-10,13H,11,14H2,1H3,(H2,23,27,28). The Labute approximate surface area is 168 Å². The summed E-state index contributed by atoms with van der Waals surface area (Å²) in [7, 11) is -3.58. The van der Waals surface area contributed by atoms with Crippen LogP contribution >= 0.6 is 0 Å². The molecule has 1 aliphatic rings. The highest BCUT2D eigenvalue weighted by atomic mass is 32.2. The van der Waals surface area contributed by atoms with Gasteiger partial charge >= 0.3 is 0 Å². The van der Waals surface area contributed by atoms with E-state index in [0.29, 0.717) is 17.6 Å². The molecule has 1 atom stereocenters. The Hall–Kier alpha value is -3.28. The molecule has 2 heterocycles. The van der Waals surface area contributed by atoms with Gasteiger partial charge < -0.3 is 0 Å². The van der Waals surface area contributed by atoms with Crippen LogP contribution in [0.15, 0.2) is 66.5 Å². The highest BCUT2D eigenvalue weighted by Gasteiger charge is 2.28. The van der Waals surface area contributed by atoms with Gasteiger partial charge in [0.25, 0.3) is 0 Å². The molecule has 2 N–H and O–H groups in total. The number of nitrogens with zero attached hydrogens (tertiary/aromatic N) is 4. The highest BCUT2D eigenvalue weighted by molar-refractivity contribution is 7.89. The van der Waals surface area contributed by atoms with E-state index >= 15 is 0 Å². The molecule has 0 radical (unpaired) electrons. The van der Waals surface area contributed by atoms with Crippen molar-refractivity contribution in [1.82, 2.24) is 14.6 Å². The van der Waals surface area contributed by atoms with E-state index < -0.39 is 10.0 Å². The molecular formula is C21H19N5O2S. The van der Waals surface area contributed by atoms with Gasteiger partial charge in [-0.2, -0.15) is 10.4 Å². The smallest absolute Gasteiger partial charge is 0.212 e. The predicted octanol–water partition coefficient (Wildman–Crippen LogP) is 2.70. The molecule has 3 aromatic rings. The average molecular weight is 405 g/mol. The maximum absolute atomic E-state index is 11.5. The normalized spacial score (nSPS) is 19.1. The second-order valence-electron chi connectivity index (χ2n) is 7.40. The Morgan fingerprint density at radius 2 is 2.17 bits per heavy atom. The van der Waals surface area contributed by atoms with Crippen LogP contribution in [0, 0.1) is 11.3 Å². The second-order valence-corrected chi connectivity index (χ2v) is 9.02. The number of rotatable bonds is 4. The first kappa shape index (κ1) is 19.1. The van der Waals surface area contributed by atoms with Crippen molar-refractivity contribution in [2.75, 3.05) is 5.75 Å². The van der Waals surface area contributed by atoms with E-state index in [1.807, 2.05) is 36.4 Å². The summed E-state index contributed by atoms with van der Waals surface area (Å²) < 4.78 is 24.7. The van der Waals surface area contributed by atoms with Crippen LogP contribution in [-0.2, 0) is 15.4 Å². The Morgan fingerprint density at radius 3 is 2.93 bits per heavy atom. The van der Waals surface area contributed by atoms with Gasteiger partial charge in [0.05, 0.1) is 17.6 Å². The molecule has 0 aliphatic heterocycles.